The van der Waals surface area contributed by atoms with Crippen LogP contribution >= 0.6 is 0 Å². The Morgan fingerprint density at radius 1 is 0.545 bits per heavy atom. The molecule has 0 N–H and O–H groups in total. The first-order valence-electron chi connectivity index (χ1n) is 9.75. The Hall–Kier alpha value is -0.920. The van der Waals surface area contributed by atoms with Gasteiger partial charge in [-0.15, -0.1) is 0 Å². The van der Waals surface area contributed by atoms with Crippen LogP contribution in [0.5, 0.6) is 0 Å². The van der Waals surface area contributed by atoms with E-state index in [1.165, 1.54) is 77.0 Å². The molecule has 0 aromatic heterocycles. The van der Waals surface area contributed by atoms with E-state index in [-0.39, 0.29) is 0 Å². The quantitative estimate of drug-likeness (QED) is 0.385. The van der Waals surface area contributed by atoms with Crippen molar-refractivity contribution in [2.45, 2.75) is 103 Å². The second kappa shape index (κ2) is 10.7. The highest BCUT2D eigenvalue weighted by Gasteiger charge is 2.14. The first-order valence-corrected chi connectivity index (χ1v) is 9.75. The Balaban J connectivity index is 2.00. The molecule has 0 unspecified atom stereocenters. The lowest BCUT2D eigenvalue weighted by molar-refractivity contribution is -0.452. The summed E-state index contributed by atoms with van der Waals surface area (Å²) in [5.74, 6) is 0. The lowest BCUT2D eigenvalue weighted by atomic mass is 10.0. The fourth-order valence-corrected chi connectivity index (χ4v) is 3.63. The molecule has 2 rings (SSSR count). The molecule has 0 bridgehead atoms. The maximum Gasteiger partial charge on any atom is 0.171 e. The largest absolute Gasteiger partial charge is 0.494 e. The third-order valence-corrected chi connectivity index (χ3v) is 5.08. The van der Waals surface area contributed by atoms with Crippen molar-refractivity contribution in [1.82, 2.24) is 0 Å². The van der Waals surface area contributed by atoms with Crippen LogP contribution in [0, 0.1) is 0 Å². The molecular formula is C20H34N2. The van der Waals surface area contributed by atoms with Gasteiger partial charge in [0, 0.05) is 12.8 Å². The molecule has 0 aromatic carbocycles. The molecule has 2 heteroatoms. The minimum Gasteiger partial charge on any atom is -0.494 e. The van der Waals surface area contributed by atoms with Crippen LogP contribution in [0.1, 0.15) is 103 Å². The predicted molar refractivity (Wildman–Crippen MR) is 93.7 cm³/mol. The molecule has 0 atom stereocenters. The average Bonchev–Trinajstić information content (AvgIpc) is 2.56. The molecule has 0 amide bonds. The summed E-state index contributed by atoms with van der Waals surface area (Å²) in [6.07, 6.45) is 24.7. The zero-order chi connectivity index (χ0) is 15.5. The summed E-state index contributed by atoms with van der Waals surface area (Å²) in [6, 6.07) is 0. The standard InChI is InChI=1S/C20H34N2/c21-22(19-15-11-7-3-1-4-8-12-16-19)20-17-13-9-5-2-6-10-14-18-20/h15,17H,1-14,16,18H2. The van der Waals surface area contributed by atoms with E-state index in [2.05, 4.69) is 12.2 Å². The van der Waals surface area contributed by atoms with Gasteiger partial charge in [0.25, 0.3) is 0 Å². The Kier molecular flexibility index (Phi) is 8.52. The van der Waals surface area contributed by atoms with E-state index in [9.17, 15) is 5.53 Å². The van der Waals surface area contributed by atoms with Gasteiger partial charge in [0.15, 0.2) is 11.4 Å². The lowest BCUT2D eigenvalue weighted by Gasteiger charge is -2.15. The van der Waals surface area contributed by atoms with E-state index < -0.39 is 0 Å². The molecule has 0 radical (unpaired) electrons. The number of allylic oxidation sites excluding steroid dienone is 4. The van der Waals surface area contributed by atoms with Crippen molar-refractivity contribution in [3.05, 3.63) is 29.1 Å². The van der Waals surface area contributed by atoms with Crippen molar-refractivity contribution in [1.29, 1.82) is 0 Å². The lowest BCUT2D eigenvalue weighted by Crippen LogP contribution is -2.09. The highest BCUT2D eigenvalue weighted by atomic mass is 15.2. The second-order valence-electron chi connectivity index (χ2n) is 7.02. The average molecular weight is 303 g/mol. The fourth-order valence-electron chi connectivity index (χ4n) is 3.63. The molecule has 2 aliphatic rings. The van der Waals surface area contributed by atoms with Gasteiger partial charge in [-0.05, 0) is 50.7 Å². The van der Waals surface area contributed by atoms with Gasteiger partial charge in [0.05, 0.1) is 0 Å². The monoisotopic (exact) mass is 302 g/mol. The molecule has 22 heavy (non-hydrogen) atoms. The molecule has 0 fully saturated rings. The van der Waals surface area contributed by atoms with Crippen LogP contribution in [0.3, 0.4) is 0 Å². The molecule has 0 aliphatic heterocycles. The third-order valence-electron chi connectivity index (χ3n) is 5.08. The van der Waals surface area contributed by atoms with Gasteiger partial charge in [-0.25, -0.2) is 0 Å². The van der Waals surface area contributed by atoms with Crippen LogP contribution in [-0.2, 0) is 0 Å². The summed E-state index contributed by atoms with van der Waals surface area (Å²) in [5.41, 5.74) is 13.1. The smallest absolute Gasteiger partial charge is 0.171 e. The first kappa shape index (κ1) is 17.4. The van der Waals surface area contributed by atoms with Gasteiger partial charge in [0.2, 0.25) is 0 Å². The third kappa shape index (κ3) is 6.46. The van der Waals surface area contributed by atoms with Crippen molar-refractivity contribution in [3.8, 4) is 0 Å². The summed E-state index contributed by atoms with van der Waals surface area (Å²) < 4.78 is 1.56. The van der Waals surface area contributed by atoms with Gasteiger partial charge >= 0.3 is 0 Å². The molecule has 124 valence electrons. The summed E-state index contributed by atoms with van der Waals surface area (Å²) in [6.45, 7) is 0. The SMILES string of the molecule is [N-]=[N+](C1=CCCCCCCCC1)C1=CCCCCCCCC1. The number of nitrogens with zero attached hydrogens (tertiary/aromatic N) is 2. The highest BCUT2D eigenvalue weighted by Crippen LogP contribution is 2.24. The number of hydrogen-bond donors (Lipinski definition) is 0. The minimum atomic E-state index is 1.04. The van der Waals surface area contributed by atoms with Crippen LogP contribution in [0.25, 0.3) is 5.53 Å². The van der Waals surface area contributed by atoms with Crippen LogP contribution in [0.2, 0.25) is 0 Å². The summed E-state index contributed by atoms with van der Waals surface area (Å²) in [4.78, 5) is 0. The molecule has 0 spiro atoms. The molecule has 0 saturated heterocycles. The summed E-state index contributed by atoms with van der Waals surface area (Å²) in [5, 5.41) is 0. The van der Waals surface area contributed by atoms with Crippen LogP contribution in [0.4, 0.5) is 0 Å². The van der Waals surface area contributed by atoms with Crippen molar-refractivity contribution < 1.29 is 4.70 Å². The van der Waals surface area contributed by atoms with E-state index >= 15 is 0 Å². The van der Waals surface area contributed by atoms with Crippen LogP contribution in [-0.4, -0.2) is 4.70 Å². The number of hydrogen-bond acceptors (Lipinski definition) is 0. The second-order valence-corrected chi connectivity index (χ2v) is 7.02. The van der Waals surface area contributed by atoms with E-state index in [4.69, 9.17) is 0 Å². The number of rotatable bonds is 2. The fraction of sp³-hybridized carbons (Fsp3) is 0.800. The van der Waals surface area contributed by atoms with Gasteiger partial charge < -0.3 is 5.53 Å². The van der Waals surface area contributed by atoms with Crippen LogP contribution in [0.15, 0.2) is 23.5 Å². The highest BCUT2D eigenvalue weighted by molar-refractivity contribution is 5.00. The normalized spacial score (nSPS) is 23.1. The molecular weight excluding hydrogens is 268 g/mol. The Morgan fingerprint density at radius 2 is 0.909 bits per heavy atom. The van der Waals surface area contributed by atoms with E-state index in [1.807, 2.05) is 0 Å². The molecule has 2 nitrogen and oxygen atoms in total. The summed E-state index contributed by atoms with van der Waals surface area (Å²) >= 11 is 0. The zero-order valence-electron chi connectivity index (χ0n) is 14.4. The van der Waals surface area contributed by atoms with Gasteiger partial charge in [-0.3, -0.25) is 4.70 Å². The van der Waals surface area contributed by atoms with E-state index in [1.54, 1.807) is 4.70 Å². The van der Waals surface area contributed by atoms with Gasteiger partial charge in [0.1, 0.15) is 0 Å². The summed E-state index contributed by atoms with van der Waals surface area (Å²) in [7, 11) is 0. The zero-order valence-corrected chi connectivity index (χ0v) is 14.4. The van der Waals surface area contributed by atoms with Crippen molar-refractivity contribution in [2.24, 2.45) is 0 Å². The first-order chi connectivity index (χ1) is 10.9. The van der Waals surface area contributed by atoms with E-state index in [0.29, 0.717) is 0 Å². The van der Waals surface area contributed by atoms with Crippen molar-refractivity contribution in [3.63, 3.8) is 0 Å². The molecule has 0 aromatic rings. The van der Waals surface area contributed by atoms with Gasteiger partial charge in [-0.2, -0.15) is 0 Å². The van der Waals surface area contributed by atoms with Gasteiger partial charge in [-0.1, -0.05) is 51.4 Å². The Morgan fingerprint density at radius 3 is 1.36 bits per heavy atom. The van der Waals surface area contributed by atoms with Crippen molar-refractivity contribution in [2.75, 3.05) is 0 Å². The van der Waals surface area contributed by atoms with Crippen molar-refractivity contribution >= 4 is 0 Å². The molecule has 0 heterocycles. The Labute approximate surface area is 137 Å². The minimum absolute atomic E-state index is 1.04. The molecule has 2 aliphatic carbocycles. The van der Waals surface area contributed by atoms with E-state index in [0.717, 1.165) is 37.1 Å². The maximum atomic E-state index is 10.8. The maximum absolute atomic E-state index is 10.8. The predicted octanol–water partition coefficient (Wildman–Crippen LogP) is 7.06. The topological polar surface area (TPSA) is 25.3 Å². The molecule has 0 saturated carbocycles. The van der Waals surface area contributed by atoms with Crippen LogP contribution < -0.4 is 0 Å². The Bertz CT molecular complexity index is 357.